The Labute approximate surface area is 120 Å². The van der Waals surface area contributed by atoms with Gasteiger partial charge in [0.1, 0.15) is 24.2 Å². The van der Waals surface area contributed by atoms with Crippen LogP contribution in [0.5, 0.6) is 0 Å². The summed E-state index contributed by atoms with van der Waals surface area (Å²) >= 11 is 0. The summed E-state index contributed by atoms with van der Waals surface area (Å²) in [4.78, 5) is 3.78. The van der Waals surface area contributed by atoms with Gasteiger partial charge in [0.25, 0.3) is 0 Å². The number of anilines is 1. The van der Waals surface area contributed by atoms with Gasteiger partial charge >= 0.3 is 0 Å². The van der Waals surface area contributed by atoms with Crippen molar-refractivity contribution in [3.63, 3.8) is 0 Å². The molecule has 0 atom stereocenters. The van der Waals surface area contributed by atoms with Crippen molar-refractivity contribution in [2.45, 2.75) is 6.54 Å². The number of rotatable bonds is 4. The van der Waals surface area contributed by atoms with Crippen LogP contribution in [0.15, 0.2) is 55.1 Å². The Hall–Kier alpha value is -2.76. The van der Waals surface area contributed by atoms with E-state index in [1.807, 2.05) is 0 Å². The molecule has 4 nitrogen and oxygen atoms in total. The Morgan fingerprint density at radius 1 is 1.05 bits per heavy atom. The Bertz CT molecular complexity index is 724. The molecule has 0 aliphatic rings. The van der Waals surface area contributed by atoms with Crippen LogP contribution in [0.3, 0.4) is 0 Å². The number of nitrogens with one attached hydrogen (secondary N) is 1. The first-order valence-corrected chi connectivity index (χ1v) is 6.35. The van der Waals surface area contributed by atoms with E-state index in [0.29, 0.717) is 17.9 Å². The smallest absolute Gasteiger partial charge is 0.150 e. The van der Waals surface area contributed by atoms with E-state index in [1.165, 1.54) is 35.5 Å². The molecule has 6 heteroatoms. The van der Waals surface area contributed by atoms with Gasteiger partial charge in [0.2, 0.25) is 0 Å². The highest BCUT2D eigenvalue weighted by Crippen LogP contribution is 2.18. The third kappa shape index (κ3) is 3.05. The highest BCUT2D eigenvalue weighted by molar-refractivity contribution is 5.49. The van der Waals surface area contributed by atoms with Crippen molar-refractivity contribution >= 4 is 5.69 Å². The molecule has 1 N–H and O–H groups in total. The lowest BCUT2D eigenvalue weighted by molar-refractivity contribution is 0.611. The van der Waals surface area contributed by atoms with Crippen LogP contribution in [0.2, 0.25) is 0 Å². The number of halogens is 2. The molecular weight excluding hydrogens is 274 g/mol. The molecule has 0 aliphatic heterocycles. The first-order valence-electron chi connectivity index (χ1n) is 6.35. The number of nitrogens with zero attached hydrogens (tertiary/aromatic N) is 3. The van der Waals surface area contributed by atoms with E-state index < -0.39 is 5.82 Å². The van der Waals surface area contributed by atoms with Crippen LogP contribution in [0, 0.1) is 11.6 Å². The standard InChI is InChI=1S/C15H12F2N4/c16-12-3-1-11(2-4-12)8-19-13-5-6-15(14(17)7-13)21-10-18-9-20-21/h1-7,9-10,19H,8H2. The predicted octanol–water partition coefficient (Wildman–Crippen LogP) is 3.16. The number of hydrogen-bond donors (Lipinski definition) is 1. The maximum atomic E-state index is 14.0. The zero-order valence-corrected chi connectivity index (χ0v) is 11.0. The summed E-state index contributed by atoms with van der Waals surface area (Å²) in [7, 11) is 0. The summed E-state index contributed by atoms with van der Waals surface area (Å²) in [6, 6.07) is 10.9. The lowest BCUT2D eigenvalue weighted by Gasteiger charge is -2.09. The first-order chi connectivity index (χ1) is 10.2. The Kier molecular flexibility index (Phi) is 3.59. The van der Waals surface area contributed by atoms with E-state index in [0.717, 1.165) is 5.56 Å². The quantitative estimate of drug-likeness (QED) is 0.801. The van der Waals surface area contributed by atoms with Crippen molar-refractivity contribution in [3.8, 4) is 5.69 Å². The van der Waals surface area contributed by atoms with Gasteiger partial charge in [-0.1, -0.05) is 12.1 Å². The molecule has 3 aromatic rings. The molecule has 3 rings (SSSR count). The van der Waals surface area contributed by atoms with Gasteiger partial charge < -0.3 is 5.32 Å². The summed E-state index contributed by atoms with van der Waals surface area (Å²) in [5.74, 6) is -0.674. The zero-order chi connectivity index (χ0) is 14.7. The lowest BCUT2D eigenvalue weighted by Crippen LogP contribution is -2.02. The van der Waals surface area contributed by atoms with E-state index in [2.05, 4.69) is 15.4 Å². The third-order valence-electron chi connectivity index (χ3n) is 3.02. The lowest BCUT2D eigenvalue weighted by atomic mass is 10.2. The normalized spacial score (nSPS) is 10.6. The molecule has 0 unspecified atom stereocenters. The fourth-order valence-corrected chi connectivity index (χ4v) is 1.94. The molecule has 0 radical (unpaired) electrons. The fourth-order valence-electron chi connectivity index (χ4n) is 1.94. The largest absolute Gasteiger partial charge is 0.381 e. The van der Waals surface area contributed by atoms with Gasteiger partial charge in [0.05, 0.1) is 0 Å². The van der Waals surface area contributed by atoms with E-state index >= 15 is 0 Å². The summed E-state index contributed by atoms with van der Waals surface area (Å²) in [6.07, 6.45) is 2.78. The maximum absolute atomic E-state index is 14.0. The molecule has 0 amide bonds. The van der Waals surface area contributed by atoms with Crippen LogP contribution in [0.4, 0.5) is 14.5 Å². The van der Waals surface area contributed by atoms with E-state index in [9.17, 15) is 8.78 Å². The van der Waals surface area contributed by atoms with Crippen LogP contribution in [-0.2, 0) is 6.54 Å². The minimum absolute atomic E-state index is 0.276. The molecule has 106 valence electrons. The molecule has 0 spiro atoms. The van der Waals surface area contributed by atoms with Crippen LogP contribution in [-0.4, -0.2) is 14.8 Å². The summed E-state index contributed by atoms with van der Waals surface area (Å²) < 4.78 is 28.2. The van der Waals surface area contributed by atoms with Crippen molar-refractivity contribution in [2.24, 2.45) is 0 Å². The molecule has 0 fully saturated rings. The summed E-state index contributed by atoms with van der Waals surface area (Å²) in [5, 5.41) is 6.97. The molecule has 21 heavy (non-hydrogen) atoms. The van der Waals surface area contributed by atoms with Crippen molar-refractivity contribution in [1.82, 2.24) is 14.8 Å². The van der Waals surface area contributed by atoms with Crippen LogP contribution < -0.4 is 5.32 Å². The second-order valence-corrected chi connectivity index (χ2v) is 4.49. The van der Waals surface area contributed by atoms with Gasteiger partial charge in [0.15, 0.2) is 5.82 Å². The predicted molar refractivity (Wildman–Crippen MR) is 75.0 cm³/mol. The summed E-state index contributed by atoms with van der Waals surface area (Å²) in [6.45, 7) is 0.488. The number of benzene rings is 2. The van der Waals surface area contributed by atoms with Crippen molar-refractivity contribution < 1.29 is 8.78 Å². The average Bonchev–Trinajstić information content (AvgIpc) is 3.01. The third-order valence-corrected chi connectivity index (χ3v) is 3.02. The van der Waals surface area contributed by atoms with Gasteiger partial charge in [-0.3, -0.25) is 0 Å². The molecule has 0 saturated carbocycles. The fraction of sp³-hybridized carbons (Fsp3) is 0.0667. The molecule has 0 bridgehead atoms. The van der Waals surface area contributed by atoms with Crippen molar-refractivity contribution in [3.05, 3.63) is 72.3 Å². The Morgan fingerprint density at radius 2 is 1.86 bits per heavy atom. The number of aromatic nitrogens is 3. The van der Waals surface area contributed by atoms with Gasteiger partial charge in [-0.2, -0.15) is 5.10 Å². The molecule has 2 aromatic carbocycles. The zero-order valence-electron chi connectivity index (χ0n) is 11.0. The van der Waals surface area contributed by atoms with E-state index in [1.54, 1.807) is 24.3 Å². The molecule has 1 aromatic heterocycles. The van der Waals surface area contributed by atoms with E-state index in [4.69, 9.17) is 0 Å². The van der Waals surface area contributed by atoms with Crippen molar-refractivity contribution in [2.75, 3.05) is 5.32 Å². The highest BCUT2D eigenvalue weighted by atomic mass is 19.1. The van der Waals surface area contributed by atoms with Crippen molar-refractivity contribution in [1.29, 1.82) is 0 Å². The maximum Gasteiger partial charge on any atom is 0.150 e. The second kappa shape index (κ2) is 5.70. The van der Waals surface area contributed by atoms with Crippen LogP contribution >= 0.6 is 0 Å². The molecule has 0 aliphatic carbocycles. The molecule has 1 heterocycles. The molecular formula is C15H12F2N4. The SMILES string of the molecule is Fc1ccc(CNc2ccc(-n3cncn3)c(F)c2)cc1. The minimum Gasteiger partial charge on any atom is -0.381 e. The highest BCUT2D eigenvalue weighted by Gasteiger charge is 2.06. The van der Waals surface area contributed by atoms with Crippen LogP contribution in [0.25, 0.3) is 5.69 Å². The Balaban J connectivity index is 1.72. The summed E-state index contributed by atoms with van der Waals surface area (Å²) in [5.41, 5.74) is 1.89. The van der Waals surface area contributed by atoms with Gasteiger partial charge in [-0.15, -0.1) is 0 Å². The van der Waals surface area contributed by atoms with Gasteiger partial charge in [-0.05, 0) is 35.9 Å². The van der Waals surface area contributed by atoms with Gasteiger partial charge in [0, 0.05) is 12.2 Å². The molecule has 0 saturated heterocycles. The van der Waals surface area contributed by atoms with E-state index in [-0.39, 0.29) is 5.82 Å². The second-order valence-electron chi connectivity index (χ2n) is 4.49. The minimum atomic E-state index is -0.399. The number of hydrogen-bond acceptors (Lipinski definition) is 3. The average molecular weight is 286 g/mol. The van der Waals surface area contributed by atoms with Gasteiger partial charge in [-0.25, -0.2) is 18.4 Å². The topological polar surface area (TPSA) is 42.7 Å². The van der Waals surface area contributed by atoms with Crippen LogP contribution in [0.1, 0.15) is 5.56 Å². The monoisotopic (exact) mass is 286 g/mol. The Morgan fingerprint density at radius 3 is 2.52 bits per heavy atom. The first kappa shape index (κ1) is 13.2.